The Kier molecular flexibility index (Phi) is 3.47. The number of carboxylic acids is 1. The summed E-state index contributed by atoms with van der Waals surface area (Å²) < 4.78 is 2.03. The fraction of sp³-hybridized carbons (Fsp3) is 0.500. The van der Waals surface area contributed by atoms with Crippen LogP contribution in [0.3, 0.4) is 0 Å². The van der Waals surface area contributed by atoms with Crippen molar-refractivity contribution in [1.29, 1.82) is 0 Å². The molecule has 106 valence electrons. The molecule has 0 unspecified atom stereocenters. The molecule has 20 heavy (non-hydrogen) atoms. The number of imidazole rings is 1. The zero-order chi connectivity index (χ0) is 14.1. The number of para-hydroxylation sites is 1. The van der Waals surface area contributed by atoms with Crippen LogP contribution < -0.4 is 0 Å². The Labute approximate surface area is 118 Å². The van der Waals surface area contributed by atoms with Gasteiger partial charge in [0.2, 0.25) is 0 Å². The van der Waals surface area contributed by atoms with Crippen LogP contribution in [0.15, 0.2) is 24.5 Å². The predicted octanol–water partition coefficient (Wildman–Crippen LogP) is 3.56. The molecule has 0 spiro atoms. The number of fused-ring (bicyclic) bond motifs is 1. The first kappa shape index (κ1) is 13.2. The van der Waals surface area contributed by atoms with E-state index in [2.05, 4.69) is 11.9 Å². The Bertz CT molecular complexity index is 624. The second-order valence-corrected chi connectivity index (χ2v) is 6.00. The summed E-state index contributed by atoms with van der Waals surface area (Å²) in [5, 5.41) is 9.33. The molecule has 2 aromatic rings. The topological polar surface area (TPSA) is 55.1 Å². The molecule has 4 nitrogen and oxygen atoms in total. The molecule has 1 aliphatic rings. The van der Waals surface area contributed by atoms with Crippen LogP contribution in [0, 0.1) is 11.8 Å². The van der Waals surface area contributed by atoms with Crippen LogP contribution in [-0.4, -0.2) is 20.6 Å². The van der Waals surface area contributed by atoms with Gasteiger partial charge in [0.1, 0.15) is 0 Å². The Morgan fingerprint density at radius 1 is 1.35 bits per heavy atom. The molecule has 0 bridgehead atoms. The fourth-order valence-corrected chi connectivity index (χ4v) is 3.23. The molecule has 0 radical (unpaired) electrons. The van der Waals surface area contributed by atoms with Gasteiger partial charge in [-0.3, -0.25) is 0 Å². The maximum Gasteiger partial charge on any atom is 0.337 e. The lowest BCUT2D eigenvalue weighted by atomic mass is 9.83. The van der Waals surface area contributed by atoms with Crippen LogP contribution >= 0.6 is 0 Å². The highest BCUT2D eigenvalue weighted by Crippen LogP contribution is 2.30. The fourth-order valence-electron chi connectivity index (χ4n) is 3.23. The average Bonchev–Trinajstić information content (AvgIpc) is 2.84. The van der Waals surface area contributed by atoms with E-state index in [1.165, 1.54) is 25.7 Å². The summed E-state index contributed by atoms with van der Waals surface area (Å²) in [6.07, 6.45) is 6.81. The first-order valence-corrected chi connectivity index (χ1v) is 7.32. The number of aromatic carboxylic acids is 1. The minimum Gasteiger partial charge on any atom is -0.478 e. The number of benzene rings is 1. The highest BCUT2D eigenvalue weighted by molar-refractivity contribution is 6.01. The molecule has 1 aromatic heterocycles. The summed E-state index contributed by atoms with van der Waals surface area (Å²) >= 11 is 0. The van der Waals surface area contributed by atoms with E-state index in [9.17, 15) is 9.90 Å². The summed E-state index contributed by atoms with van der Waals surface area (Å²) in [4.78, 5) is 15.7. The molecule has 1 aliphatic carbocycles. The van der Waals surface area contributed by atoms with Crippen molar-refractivity contribution >= 4 is 17.0 Å². The zero-order valence-corrected chi connectivity index (χ0v) is 11.7. The second kappa shape index (κ2) is 5.27. The molecule has 4 heteroatoms. The maximum atomic E-state index is 11.4. The van der Waals surface area contributed by atoms with E-state index in [0.29, 0.717) is 11.5 Å². The molecule has 0 aliphatic heterocycles. The quantitative estimate of drug-likeness (QED) is 0.929. The van der Waals surface area contributed by atoms with Crippen LogP contribution in [0.1, 0.15) is 43.0 Å². The third kappa shape index (κ3) is 2.42. The van der Waals surface area contributed by atoms with Gasteiger partial charge in [0.05, 0.1) is 22.9 Å². The number of rotatable bonds is 3. The van der Waals surface area contributed by atoms with Gasteiger partial charge in [-0.1, -0.05) is 25.8 Å². The van der Waals surface area contributed by atoms with Crippen LogP contribution in [-0.2, 0) is 6.54 Å². The summed E-state index contributed by atoms with van der Waals surface area (Å²) in [6.45, 7) is 3.19. The van der Waals surface area contributed by atoms with Gasteiger partial charge in [-0.15, -0.1) is 0 Å². The van der Waals surface area contributed by atoms with Crippen LogP contribution in [0.25, 0.3) is 11.0 Å². The molecule has 0 amide bonds. The van der Waals surface area contributed by atoms with Gasteiger partial charge in [-0.2, -0.15) is 0 Å². The molecular weight excluding hydrogens is 252 g/mol. The minimum absolute atomic E-state index is 0.351. The number of carboxylic acid groups (broad SMARTS) is 1. The van der Waals surface area contributed by atoms with Crippen molar-refractivity contribution in [2.75, 3.05) is 0 Å². The Morgan fingerprint density at radius 2 is 2.10 bits per heavy atom. The van der Waals surface area contributed by atoms with Gasteiger partial charge in [-0.25, -0.2) is 9.78 Å². The monoisotopic (exact) mass is 272 g/mol. The van der Waals surface area contributed by atoms with Crippen molar-refractivity contribution in [2.24, 2.45) is 11.8 Å². The maximum absolute atomic E-state index is 11.4. The Balaban J connectivity index is 1.90. The van der Waals surface area contributed by atoms with Crippen molar-refractivity contribution in [2.45, 2.75) is 39.2 Å². The number of aromatic nitrogens is 2. The van der Waals surface area contributed by atoms with Crippen molar-refractivity contribution in [3.05, 3.63) is 30.1 Å². The van der Waals surface area contributed by atoms with E-state index < -0.39 is 5.97 Å². The highest BCUT2D eigenvalue weighted by atomic mass is 16.4. The molecule has 1 fully saturated rings. The van der Waals surface area contributed by atoms with E-state index in [-0.39, 0.29) is 0 Å². The zero-order valence-electron chi connectivity index (χ0n) is 11.7. The standard InChI is InChI=1S/C16H20N2O2/c1-11-5-7-12(8-6-11)9-18-10-17-14-4-2-3-13(15(14)18)16(19)20/h2-4,10-12H,5-9H2,1H3,(H,19,20). The van der Waals surface area contributed by atoms with E-state index in [4.69, 9.17) is 0 Å². The van der Waals surface area contributed by atoms with E-state index >= 15 is 0 Å². The highest BCUT2D eigenvalue weighted by Gasteiger charge is 2.20. The molecule has 0 saturated heterocycles. The van der Waals surface area contributed by atoms with E-state index in [0.717, 1.165) is 23.5 Å². The first-order chi connectivity index (χ1) is 9.65. The largest absolute Gasteiger partial charge is 0.478 e. The van der Waals surface area contributed by atoms with Gasteiger partial charge in [0.25, 0.3) is 0 Å². The number of carbonyl (C=O) groups is 1. The lowest BCUT2D eigenvalue weighted by molar-refractivity contribution is 0.0698. The molecule has 1 heterocycles. The molecule has 1 saturated carbocycles. The Hall–Kier alpha value is -1.84. The van der Waals surface area contributed by atoms with Gasteiger partial charge < -0.3 is 9.67 Å². The van der Waals surface area contributed by atoms with E-state index in [1.807, 2.05) is 10.6 Å². The molecular formula is C16H20N2O2. The van der Waals surface area contributed by atoms with Gasteiger partial charge >= 0.3 is 5.97 Å². The van der Waals surface area contributed by atoms with Crippen LogP contribution in [0.2, 0.25) is 0 Å². The predicted molar refractivity (Wildman–Crippen MR) is 77.8 cm³/mol. The number of hydrogen-bond donors (Lipinski definition) is 1. The van der Waals surface area contributed by atoms with Crippen LogP contribution in [0.4, 0.5) is 0 Å². The summed E-state index contributed by atoms with van der Waals surface area (Å²) in [6, 6.07) is 5.29. The molecule has 1 N–H and O–H groups in total. The lowest BCUT2D eigenvalue weighted by Gasteiger charge is -2.26. The molecule has 0 atom stereocenters. The smallest absolute Gasteiger partial charge is 0.337 e. The minimum atomic E-state index is -0.880. The average molecular weight is 272 g/mol. The van der Waals surface area contributed by atoms with Gasteiger partial charge in [0.15, 0.2) is 0 Å². The summed E-state index contributed by atoms with van der Waals surface area (Å²) in [5.41, 5.74) is 1.89. The number of hydrogen-bond acceptors (Lipinski definition) is 2. The normalized spacial score (nSPS) is 23.1. The van der Waals surface area contributed by atoms with Crippen LogP contribution in [0.5, 0.6) is 0 Å². The lowest BCUT2D eigenvalue weighted by Crippen LogP contribution is -2.17. The van der Waals surface area contributed by atoms with Gasteiger partial charge in [-0.05, 0) is 36.8 Å². The Morgan fingerprint density at radius 3 is 2.80 bits per heavy atom. The van der Waals surface area contributed by atoms with E-state index in [1.54, 1.807) is 18.5 Å². The number of nitrogens with zero attached hydrogens (tertiary/aromatic N) is 2. The summed E-state index contributed by atoms with van der Waals surface area (Å²) in [5.74, 6) is 0.598. The third-order valence-electron chi connectivity index (χ3n) is 4.46. The first-order valence-electron chi connectivity index (χ1n) is 7.32. The van der Waals surface area contributed by atoms with Crippen molar-refractivity contribution < 1.29 is 9.90 Å². The van der Waals surface area contributed by atoms with Gasteiger partial charge in [0, 0.05) is 6.54 Å². The summed E-state index contributed by atoms with van der Waals surface area (Å²) in [7, 11) is 0. The molecule has 3 rings (SSSR count). The van der Waals surface area contributed by atoms with Crippen molar-refractivity contribution in [1.82, 2.24) is 9.55 Å². The van der Waals surface area contributed by atoms with Crippen molar-refractivity contribution in [3.8, 4) is 0 Å². The second-order valence-electron chi connectivity index (χ2n) is 6.00. The third-order valence-corrected chi connectivity index (χ3v) is 4.46. The van der Waals surface area contributed by atoms with Crippen molar-refractivity contribution in [3.63, 3.8) is 0 Å². The molecule has 1 aromatic carbocycles. The SMILES string of the molecule is CC1CCC(Cn2cnc3cccc(C(=O)O)c32)CC1.